The molecule has 0 radical (unpaired) electrons. The molecule has 0 fully saturated rings. The predicted octanol–water partition coefficient (Wildman–Crippen LogP) is 0.473. The van der Waals surface area contributed by atoms with Crippen molar-refractivity contribution in [3.05, 3.63) is 33.1 Å². The summed E-state index contributed by atoms with van der Waals surface area (Å²) in [7, 11) is 1.26. The van der Waals surface area contributed by atoms with Crippen molar-refractivity contribution in [3.63, 3.8) is 0 Å². The van der Waals surface area contributed by atoms with Gasteiger partial charge >= 0.3 is 11.7 Å². The van der Waals surface area contributed by atoms with Gasteiger partial charge in [0.2, 0.25) is 5.15 Å². The van der Waals surface area contributed by atoms with Crippen molar-refractivity contribution in [3.8, 4) is 0 Å². The quantitative estimate of drug-likeness (QED) is 0.443. The van der Waals surface area contributed by atoms with Crippen molar-refractivity contribution < 1.29 is 24.4 Å². The number of hydrogen-bond acceptors (Lipinski definition) is 6. The molecule has 1 rings (SSSR count). The number of carbonyl (C=O) groups is 2. The Labute approximate surface area is 117 Å². The van der Waals surface area contributed by atoms with Crippen LogP contribution in [0.5, 0.6) is 0 Å². The van der Waals surface area contributed by atoms with Crippen LogP contribution < -0.4 is 5.32 Å². The minimum atomic E-state index is -1.33. The first-order valence-electron chi connectivity index (χ1n) is 5.20. The first-order chi connectivity index (χ1) is 9.38. The zero-order valence-electron chi connectivity index (χ0n) is 10.2. The van der Waals surface area contributed by atoms with Crippen LogP contribution in [0.2, 0.25) is 5.15 Å². The first kappa shape index (κ1) is 15.8. The number of hydrogen-bond donors (Lipinski definition) is 2. The maximum absolute atomic E-state index is 11.9. The number of pyridine rings is 1. The molecule has 2 N–H and O–H groups in total. The highest BCUT2D eigenvalue weighted by Crippen LogP contribution is 2.25. The smallest absolute Gasteiger partial charge is 0.328 e. The van der Waals surface area contributed by atoms with Crippen molar-refractivity contribution >= 4 is 29.2 Å². The van der Waals surface area contributed by atoms with Gasteiger partial charge in [-0.15, -0.1) is 0 Å². The number of aliphatic carboxylic acids is 1. The average molecular weight is 304 g/mol. The van der Waals surface area contributed by atoms with Crippen molar-refractivity contribution in [2.24, 2.45) is 0 Å². The molecule has 20 heavy (non-hydrogen) atoms. The number of aromatic nitrogens is 1. The fraction of sp³-hybridized carbons (Fsp3) is 0.300. The van der Waals surface area contributed by atoms with Crippen LogP contribution in [0.1, 0.15) is 10.4 Å². The lowest BCUT2D eigenvalue weighted by molar-refractivity contribution is -0.385. The molecular weight excluding hydrogens is 294 g/mol. The molecule has 0 saturated carbocycles. The summed E-state index contributed by atoms with van der Waals surface area (Å²) >= 11 is 5.55. The molecule has 1 aromatic heterocycles. The third-order valence-electron chi connectivity index (χ3n) is 2.24. The van der Waals surface area contributed by atoms with E-state index in [1.807, 2.05) is 0 Å². The van der Waals surface area contributed by atoms with Crippen LogP contribution in [-0.4, -0.2) is 46.6 Å². The Morgan fingerprint density at radius 3 is 2.80 bits per heavy atom. The zero-order chi connectivity index (χ0) is 15.3. The number of nitrogens with one attached hydrogen (secondary N) is 1. The molecule has 1 atom stereocenters. The van der Waals surface area contributed by atoms with Gasteiger partial charge in [-0.3, -0.25) is 14.9 Å². The SMILES string of the molecule is COCC(NC(=O)c1ccnc(Cl)c1[N+](=O)[O-])C(=O)O. The van der Waals surface area contributed by atoms with Gasteiger partial charge in [0.25, 0.3) is 5.91 Å². The molecule has 0 saturated heterocycles. The van der Waals surface area contributed by atoms with Crippen LogP contribution in [0.15, 0.2) is 12.3 Å². The van der Waals surface area contributed by atoms with Crippen molar-refractivity contribution in [2.75, 3.05) is 13.7 Å². The maximum atomic E-state index is 11.9. The largest absolute Gasteiger partial charge is 0.480 e. The van der Waals surface area contributed by atoms with Gasteiger partial charge in [-0.1, -0.05) is 11.6 Å². The Balaban J connectivity index is 3.06. The van der Waals surface area contributed by atoms with E-state index >= 15 is 0 Å². The molecule has 1 aromatic rings. The second kappa shape index (κ2) is 6.78. The number of carbonyl (C=O) groups excluding carboxylic acids is 1. The second-order valence-electron chi connectivity index (χ2n) is 3.57. The number of carboxylic acid groups (broad SMARTS) is 1. The molecular formula is C10H10ClN3O6. The van der Waals surface area contributed by atoms with Gasteiger partial charge in [-0.2, -0.15) is 0 Å². The van der Waals surface area contributed by atoms with E-state index in [1.165, 1.54) is 7.11 Å². The highest BCUT2D eigenvalue weighted by Gasteiger charge is 2.28. The molecule has 0 aliphatic rings. The Kier molecular flexibility index (Phi) is 5.35. The monoisotopic (exact) mass is 303 g/mol. The van der Waals surface area contributed by atoms with Gasteiger partial charge in [0.15, 0.2) is 6.04 Å². The Morgan fingerprint density at radius 1 is 1.65 bits per heavy atom. The number of nitro groups is 1. The fourth-order valence-electron chi connectivity index (χ4n) is 1.36. The number of amides is 1. The van der Waals surface area contributed by atoms with Gasteiger partial charge in [0.05, 0.1) is 11.5 Å². The highest BCUT2D eigenvalue weighted by molar-refractivity contribution is 6.32. The number of ether oxygens (including phenoxy) is 1. The van der Waals surface area contributed by atoms with Crippen molar-refractivity contribution in [1.29, 1.82) is 0 Å². The van der Waals surface area contributed by atoms with E-state index in [9.17, 15) is 19.7 Å². The van der Waals surface area contributed by atoms with E-state index in [4.69, 9.17) is 16.7 Å². The predicted molar refractivity (Wildman–Crippen MR) is 66.7 cm³/mol. The summed E-state index contributed by atoms with van der Waals surface area (Å²) in [5.74, 6) is -2.28. The zero-order valence-corrected chi connectivity index (χ0v) is 11.0. The summed E-state index contributed by atoms with van der Waals surface area (Å²) in [5, 5.41) is 21.4. The molecule has 0 aliphatic heterocycles. The van der Waals surface area contributed by atoms with Crippen LogP contribution in [0.4, 0.5) is 5.69 Å². The number of halogens is 1. The summed E-state index contributed by atoms with van der Waals surface area (Å²) in [4.78, 5) is 36.3. The fourth-order valence-corrected chi connectivity index (χ4v) is 1.59. The molecule has 0 spiro atoms. The Bertz CT molecular complexity index is 550. The third kappa shape index (κ3) is 3.62. The van der Waals surface area contributed by atoms with Gasteiger partial charge in [0, 0.05) is 13.3 Å². The minimum absolute atomic E-state index is 0.284. The highest BCUT2D eigenvalue weighted by atomic mass is 35.5. The van der Waals surface area contributed by atoms with Crippen molar-refractivity contribution in [1.82, 2.24) is 10.3 Å². The standard InChI is InChI=1S/C10H10ClN3O6/c1-20-4-6(10(16)17)13-9(15)5-2-3-12-8(11)7(5)14(18)19/h2-3,6H,4H2,1H3,(H,13,15)(H,16,17). The van der Waals surface area contributed by atoms with E-state index in [-0.39, 0.29) is 12.2 Å². The van der Waals surface area contributed by atoms with Gasteiger partial charge < -0.3 is 15.2 Å². The topological polar surface area (TPSA) is 132 Å². The van der Waals surface area contributed by atoms with Gasteiger partial charge in [0.1, 0.15) is 5.56 Å². The van der Waals surface area contributed by atoms with Crippen LogP contribution >= 0.6 is 11.6 Å². The summed E-state index contributed by atoms with van der Waals surface area (Å²) in [6, 6.07) is -0.260. The normalized spacial score (nSPS) is 11.7. The molecule has 1 amide bonds. The van der Waals surface area contributed by atoms with Crippen LogP contribution in [-0.2, 0) is 9.53 Å². The second-order valence-corrected chi connectivity index (χ2v) is 3.93. The van der Waals surface area contributed by atoms with E-state index in [0.29, 0.717) is 0 Å². The summed E-state index contributed by atoms with van der Waals surface area (Å²) < 4.78 is 4.64. The van der Waals surface area contributed by atoms with Crippen LogP contribution in [0.25, 0.3) is 0 Å². The lowest BCUT2D eigenvalue weighted by atomic mass is 10.2. The summed E-state index contributed by atoms with van der Waals surface area (Å²) in [5.41, 5.74) is -1.06. The van der Waals surface area contributed by atoms with E-state index in [0.717, 1.165) is 12.3 Å². The number of carboxylic acids is 1. The minimum Gasteiger partial charge on any atom is -0.480 e. The molecule has 1 heterocycles. The first-order valence-corrected chi connectivity index (χ1v) is 5.57. The third-order valence-corrected chi connectivity index (χ3v) is 2.52. The Hall–Kier alpha value is -2.26. The molecule has 0 bridgehead atoms. The van der Waals surface area contributed by atoms with Gasteiger partial charge in [-0.25, -0.2) is 9.78 Å². The van der Waals surface area contributed by atoms with E-state index < -0.39 is 33.7 Å². The number of rotatable bonds is 6. The van der Waals surface area contributed by atoms with Crippen molar-refractivity contribution in [2.45, 2.75) is 6.04 Å². The lowest BCUT2D eigenvalue weighted by Crippen LogP contribution is -2.44. The lowest BCUT2D eigenvalue weighted by Gasteiger charge is -2.13. The molecule has 9 nitrogen and oxygen atoms in total. The van der Waals surface area contributed by atoms with Crippen LogP contribution in [0, 0.1) is 10.1 Å². The summed E-state index contributed by atoms with van der Waals surface area (Å²) in [6.07, 6.45) is 1.11. The molecule has 10 heteroatoms. The van der Waals surface area contributed by atoms with E-state index in [1.54, 1.807) is 0 Å². The summed E-state index contributed by atoms with van der Waals surface area (Å²) in [6.45, 7) is -0.284. The number of nitrogens with zero attached hydrogens (tertiary/aromatic N) is 2. The van der Waals surface area contributed by atoms with Crippen LogP contribution in [0.3, 0.4) is 0 Å². The van der Waals surface area contributed by atoms with E-state index in [2.05, 4.69) is 15.0 Å². The molecule has 108 valence electrons. The van der Waals surface area contributed by atoms with Gasteiger partial charge in [-0.05, 0) is 6.07 Å². The molecule has 0 aromatic carbocycles. The average Bonchev–Trinajstić information content (AvgIpc) is 2.37. The maximum Gasteiger partial charge on any atom is 0.328 e. The number of methoxy groups -OCH3 is 1. The Morgan fingerprint density at radius 2 is 2.30 bits per heavy atom. The molecule has 0 aliphatic carbocycles. The molecule has 1 unspecified atom stereocenters.